The molecule has 1 amide bonds. The number of carbonyl (C=O) groups is 2. The van der Waals surface area contributed by atoms with Crippen molar-refractivity contribution in [3.8, 4) is 5.75 Å². The molecular weight excluding hydrogens is 417 g/mol. The van der Waals surface area contributed by atoms with Gasteiger partial charge in [0.25, 0.3) is 5.91 Å². The summed E-state index contributed by atoms with van der Waals surface area (Å²) in [4.78, 5) is 33.4. The van der Waals surface area contributed by atoms with Crippen LogP contribution in [-0.2, 0) is 11.8 Å². The zero-order valence-corrected chi connectivity index (χ0v) is 16.9. The summed E-state index contributed by atoms with van der Waals surface area (Å²) in [7, 11) is 1.44. The number of alkyl halides is 3. The number of esters is 1. The number of aromatic nitrogens is 3. The molecule has 31 heavy (non-hydrogen) atoms. The predicted octanol–water partition coefficient (Wildman–Crippen LogP) is 3.65. The van der Waals surface area contributed by atoms with Gasteiger partial charge in [-0.2, -0.15) is 13.2 Å². The van der Waals surface area contributed by atoms with Crippen LogP contribution >= 0.6 is 0 Å². The maximum absolute atomic E-state index is 12.8. The van der Waals surface area contributed by atoms with Crippen LogP contribution in [0.2, 0.25) is 0 Å². The van der Waals surface area contributed by atoms with Crippen molar-refractivity contribution in [1.82, 2.24) is 14.5 Å². The van der Waals surface area contributed by atoms with Crippen molar-refractivity contribution in [2.45, 2.75) is 20.0 Å². The first kappa shape index (κ1) is 22.1. The van der Waals surface area contributed by atoms with Crippen molar-refractivity contribution in [3.05, 3.63) is 47.3 Å². The smallest absolute Gasteiger partial charge is 0.422 e. The summed E-state index contributed by atoms with van der Waals surface area (Å²) in [5, 5.41) is 2.59. The number of hydrogen-bond acceptors (Lipinski definition) is 6. The van der Waals surface area contributed by atoms with Crippen molar-refractivity contribution in [1.29, 1.82) is 0 Å². The van der Waals surface area contributed by atoms with E-state index in [1.807, 2.05) is 0 Å². The summed E-state index contributed by atoms with van der Waals surface area (Å²) in [5.74, 6) is -1.75. The fourth-order valence-corrected chi connectivity index (χ4v) is 2.87. The Bertz CT molecular complexity index is 1130. The van der Waals surface area contributed by atoms with Crippen LogP contribution in [0.15, 0.2) is 30.3 Å². The van der Waals surface area contributed by atoms with Gasteiger partial charge in [-0.3, -0.25) is 4.79 Å². The zero-order valence-electron chi connectivity index (χ0n) is 16.9. The number of nitrogens with zero attached hydrogens (tertiary/aromatic N) is 3. The van der Waals surface area contributed by atoms with Gasteiger partial charge in [0.1, 0.15) is 0 Å². The van der Waals surface area contributed by atoms with Gasteiger partial charge in [0, 0.05) is 12.6 Å². The second-order valence-corrected chi connectivity index (χ2v) is 6.51. The molecule has 3 rings (SSSR count). The summed E-state index contributed by atoms with van der Waals surface area (Å²) in [5.41, 5.74) is 0.402. The van der Waals surface area contributed by atoms with E-state index in [0.717, 1.165) is 0 Å². The number of fused-ring (bicyclic) bond motifs is 1. The highest BCUT2D eigenvalue weighted by molar-refractivity contribution is 6.05. The van der Waals surface area contributed by atoms with Crippen LogP contribution in [0.4, 0.5) is 19.0 Å². The van der Waals surface area contributed by atoms with Gasteiger partial charge < -0.3 is 19.4 Å². The van der Waals surface area contributed by atoms with Gasteiger partial charge in [-0.15, -0.1) is 0 Å². The lowest BCUT2D eigenvalue weighted by atomic mass is 10.2. The molecule has 164 valence electrons. The van der Waals surface area contributed by atoms with Gasteiger partial charge in [0.05, 0.1) is 12.3 Å². The molecule has 0 saturated heterocycles. The number of nitrogens with one attached hydrogen (secondary N) is 1. The van der Waals surface area contributed by atoms with Gasteiger partial charge in [-0.25, -0.2) is 14.8 Å². The van der Waals surface area contributed by atoms with Gasteiger partial charge in [0.15, 0.2) is 35.0 Å². The molecule has 0 atom stereocenters. The SMILES string of the molecule is CCOC(=O)c1c(OCC(F)(F)F)c2nc(NC(=O)c3ccccc3)c(C)nc2n1C. The van der Waals surface area contributed by atoms with Crippen LogP contribution in [0.3, 0.4) is 0 Å². The second-order valence-electron chi connectivity index (χ2n) is 6.51. The molecule has 3 aromatic rings. The van der Waals surface area contributed by atoms with E-state index in [1.54, 1.807) is 44.2 Å². The van der Waals surface area contributed by atoms with E-state index in [9.17, 15) is 22.8 Å². The number of rotatable bonds is 6. The van der Waals surface area contributed by atoms with E-state index < -0.39 is 30.4 Å². The molecule has 1 aromatic carbocycles. The number of benzene rings is 1. The lowest BCUT2D eigenvalue weighted by molar-refractivity contribution is -0.153. The molecule has 0 aliphatic heterocycles. The van der Waals surface area contributed by atoms with E-state index >= 15 is 0 Å². The second kappa shape index (κ2) is 8.62. The minimum absolute atomic E-state index is 0.0112. The Balaban J connectivity index is 2.10. The van der Waals surface area contributed by atoms with Gasteiger partial charge >= 0.3 is 12.1 Å². The minimum Gasteiger partial charge on any atom is -0.479 e. The molecule has 1 N–H and O–H groups in total. The number of aryl methyl sites for hydroxylation is 2. The lowest BCUT2D eigenvalue weighted by Gasteiger charge is -2.11. The number of carbonyl (C=O) groups excluding carboxylic acids is 2. The van der Waals surface area contributed by atoms with Crippen LogP contribution in [0.5, 0.6) is 5.75 Å². The molecule has 0 bridgehead atoms. The third kappa shape index (κ3) is 4.76. The molecule has 0 fully saturated rings. The molecule has 0 unspecified atom stereocenters. The van der Waals surface area contributed by atoms with Gasteiger partial charge in [0.2, 0.25) is 0 Å². The fraction of sp³-hybridized carbons (Fsp3) is 0.300. The summed E-state index contributed by atoms with van der Waals surface area (Å²) in [6, 6.07) is 8.30. The van der Waals surface area contributed by atoms with Crippen LogP contribution < -0.4 is 10.1 Å². The summed E-state index contributed by atoms with van der Waals surface area (Å²) >= 11 is 0. The van der Waals surface area contributed by atoms with Crippen molar-refractivity contribution in [2.24, 2.45) is 7.05 Å². The lowest BCUT2D eigenvalue weighted by Crippen LogP contribution is -2.21. The quantitative estimate of drug-likeness (QED) is 0.593. The Morgan fingerprint density at radius 2 is 1.84 bits per heavy atom. The molecule has 2 heterocycles. The Kier molecular flexibility index (Phi) is 6.14. The highest BCUT2D eigenvalue weighted by Crippen LogP contribution is 2.34. The van der Waals surface area contributed by atoms with Crippen LogP contribution in [0, 0.1) is 6.92 Å². The standard InChI is InChI=1S/C20H19F3N4O4/c1-4-30-19(29)14-15(31-10-20(21,22)23)13-17(27(14)3)24-11(2)16(25-13)26-18(28)12-8-6-5-7-9-12/h5-9H,4,10H2,1-3H3,(H,25,26,28). The number of halogens is 3. The number of amides is 1. The minimum atomic E-state index is -4.64. The topological polar surface area (TPSA) is 95.3 Å². The Hall–Kier alpha value is -3.63. The molecule has 0 radical (unpaired) electrons. The first-order valence-electron chi connectivity index (χ1n) is 9.22. The normalized spacial score (nSPS) is 11.4. The molecule has 2 aromatic heterocycles. The molecule has 0 saturated carbocycles. The first-order chi connectivity index (χ1) is 14.6. The van der Waals surface area contributed by atoms with Crippen LogP contribution in [-0.4, -0.2) is 45.8 Å². The van der Waals surface area contributed by atoms with Crippen molar-refractivity contribution < 1.29 is 32.2 Å². The summed E-state index contributed by atoms with van der Waals surface area (Å²) < 4.78 is 49.5. The third-order valence-corrected chi connectivity index (χ3v) is 4.25. The van der Waals surface area contributed by atoms with Gasteiger partial charge in [-0.1, -0.05) is 18.2 Å². The number of anilines is 1. The molecule has 11 heteroatoms. The van der Waals surface area contributed by atoms with Crippen molar-refractivity contribution in [3.63, 3.8) is 0 Å². The van der Waals surface area contributed by atoms with E-state index in [4.69, 9.17) is 9.47 Å². The summed E-state index contributed by atoms with van der Waals surface area (Å²) in [6.45, 7) is 1.51. The van der Waals surface area contributed by atoms with Crippen molar-refractivity contribution >= 4 is 28.9 Å². The molecule has 8 nitrogen and oxygen atoms in total. The molecular formula is C20H19F3N4O4. The molecule has 0 spiro atoms. The van der Waals surface area contributed by atoms with E-state index in [-0.39, 0.29) is 29.3 Å². The maximum Gasteiger partial charge on any atom is 0.422 e. The van der Waals surface area contributed by atoms with Crippen LogP contribution in [0.1, 0.15) is 33.5 Å². The third-order valence-electron chi connectivity index (χ3n) is 4.25. The van der Waals surface area contributed by atoms with Gasteiger partial charge in [-0.05, 0) is 26.0 Å². The largest absolute Gasteiger partial charge is 0.479 e. The van der Waals surface area contributed by atoms with E-state index in [2.05, 4.69) is 15.3 Å². The summed E-state index contributed by atoms with van der Waals surface area (Å²) in [6.07, 6.45) is -4.64. The Morgan fingerprint density at radius 3 is 2.45 bits per heavy atom. The molecule has 0 aliphatic carbocycles. The fourth-order valence-electron chi connectivity index (χ4n) is 2.87. The predicted molar refractivity (Wildman–Crippen MR) is 105 cm³/mol. The van der Waals surface area contributed by atoms with Crippen LogP contribution in [0.25, 0.3) is 11.2 Å². The first-order valence-corrected chi connectivity index (χ1v) is 9.22. The Morgan fingerprint density at radius 1 is 1.16 bits per heavy atom. The van der Waals surface area contributed by atoms with Crippen molar-refractivity contribution in [2.75, 3.05) is 18.5 Å². The zero-order chi connectivity index (χ0) is 22.8. The monoisotopic (exact) mass is 436 g/mol. The highest BCUT2D eigenvalue weighted by atomic mass is 19.4. The van der Waals surface area contributed by atoms with E-state index in [0.29, 0.717) is 11.3 Å². The highest BCUT2D eigenvalue weighted by Gasteiger charge is 2.33. The number of hydrogen-bond donors (Lipinski definition) is 1. The Labute approximate surface area is 175 Å². The maximum atomic E-state index is 12.8. The average Bonchev–Trinajstić information content (AvgIpc) is 2.98. The number of ether oxygens (including phenoxy) is 2. The average molecular weight is 436 g/mol. The molecule has 0 aliphatic rings. The van der Waals surface area contributed by atoms with E-state index in [1.165, 1.54) is 11.6 Å².